The molecule has 1 radical (unpaired) electrons. The predicted molar refractivity (Wildman–Crippen MR) is 64.2 cm³/mol. The monoisotopic (exact) mass is 340 g/mol. The first kappa shape index (κ1) is 11.7. The summed E-state index contributed by atoms with van der Waals surface area (Å²) in [6.45, 7) is 2.05. The van der Waals surface area contributed by atoms with Crippen LogP contribution in [0.3, 0.4) is 0 Å². The van der Waals surface area contributed by atoms with Crippen molar-refractivity contribution in [3.8, 4) is 11.5 Å². The van der Waals surface area contributed by atoms with Gasteiger partial charge in [-0.15, -0.1) is 0 Å². The summed E-state index contributed by atoms with van der Waals surface area (Å²) >= 11 is 2.02. The molecular formula is C10H9F2INO2. The number of alkyl halides is 2. The van der Waals surface area contributed by atoms with Crippen molar-refractivity contribution in [3.05, 3.63) is 22.1 Å². The number of halogens is 3. The standard InChI is InChI=1S/C10H9F2INO2/c1-5-6(13)4-7(16-10(11)12)9-8(5)14-2-3-15-9/h4,10,14H,1-3H2. The van der Waals surface area contributed by atoms with Crippen LogP contribution >= 0.6 is 22.6 Å². The highest BCUT2D eigenvalue weighted by Gasteiger charge is 2.21. The summed E-state index contributed by atoms with van der Waals surface area (Å²) in [6, 6.07) is 1.50. The zero-order valence-electron chi connectivity index (χ0n) is 8.23. The lowest BCUT2D eigenvalue weighted by atomic mass is 10.1. The van der Waals surface area contributed by atoms with Gasteiger partial charge in [0, 0.05) is 10.1 Å². The van der Waals surface area contributed by atoms with Crippen LogP contribution in [0.5, 0.6) is 11.5 Å². The van der Waals surface area contributed by atoms with Crippen LogP contribution < -0.4 is 14.8 Å². The number of fused-ring (bicyclic) bond motifs is 1. The molecule has 1 N–H and O–H groups in total. The molecule has 3 nitrogen and oxygen atoms in total. The van der Waals surface area contributed by atoms with E-state index >= 15 is 0 Å². The molecule has 0 amide bonds. The Bertz CT molecular complexity index is 412. The average Bonchev–Trinajstić information content (AvgIpc) is 2.25. The summed E-state index contributed by atoms with van der Waals surface area (Å²) in [5, 5.41) is 3.07. The molecule has 0 atom stereocenters. The van der Waals surface area contributed by atoms with E-state index in [0.717, 1.165) is 9.13 Å². The van der Waals surface area contributed by atoms with Crippen LogP contribution in [0.4, 0.5) is 14.5 Å². The van der Waals surface area contributed by atoms with Crippen molar-refractivity contribution in [2.24, 2.45) is 0 Å². The van der Waals surface area contributed by atoms with Crippen LogP contribution in [0.2, 0.25) is 0 Å². The molecule has 1 aromatic carbocycles. The first-order chi connectivity index (χ1) is 7.59. The van der Waals surface area contributed by atoms with E-state index in [4.69, 9.17) is 4.74 Å². The fourth-order valence-electron chi connectivity index (χ4n) is 1.49. The van der Waals surface area contributed by atoms with E-state index in [9.17, 15) is 8.78 Å². The van der Waals surface area contributed by atoms with Gasteiger partial charge in [-0.05, 0) is 41.1 Å². The molecule has 0 aromatic heterocycles. The third kappa shape index (κ3) is 2.16. The Hall–Kier alpha value is -0.790. The number of nitrogens with one attached hydrogen (secondary N) is 1. The van der Waals surface area contributed by atoms with Crippen molar-refractivity contribution in [2.45, 2.75) is 6.61 Å². The van der Waals surface area contributed by atoms with Crippen LogP contribution in [0.1, 0.15) is 5.56 Å². The van der Waals surface area contributed by atoms with Gasteiger partial charge < -0.3 is 14.8 Å². The van der Waals surface area contributed by atoms with Crippen molar-refractivity contribution < 1.29 is 18.3 Å². The van der Waals surface area contributed by atoms with E-state index in [1.165, 1.54) is 6.07 Å². The van der Waals surface area contributed by atoms with Crippen molar-refractivity contribution in [1.82, 2.24) is 0 Å². The summed E-state index contributed by atoms with van der Waals surface area (Å²) in [6.07, 6.45) is 0. The number of anilines is 1. The maximum Gasteiger partial charge on any atom is 0.387 e. The highest BCUT2D eigenvalue weighted by atomic mass is 127. The summed E-state index contributed by atoms with van der Waals surface area (Å²) in [7, 11) is 0. The van der Waals surface area contributed by atoms with Gasteiger partial charge in [0.05, 0.1) is 5.69 Å². The molecule has 0 saturated carbocycles. The number of rotatable bonds is 2. The van der Waals surface area contributed by atoms with Gasteiger partial charge in [-0.2, -0.15) is 8.78 Å². The lowest BCUT2D eigenvalue weighted by molar-refractivity contribution is -0.0515. The smallest absolute Gasteiger partial charge is 0.387 e. The van der Waals surface area contributed by atoms with E-state index in [2.05, 4.69) is 17.0 Å². The maximum atomic E-state index is 12.2. The SMILES string of the molecule is [CH2]c1c(I)cc(OC(F)F)c2c1NCCO2. The molecule has 16 heavy (non-hydrogen) atoms. The third-order valence-electron chi connectivity index (χ3n) is 2.17. The molecule has 0 saturated heterocycles. The Morgan fingerprint density at radius 1 is 1.56 bits per heavy atom. The second-order valence-electron chi connectivity index (χ2n) is 3.19. The minimum Gasteiger partial charge on any atom is -0.486 e. The molecule has 87 valence electrons. The first-order valence-corrected chi connectivity index (χ1v) is 5.67. The van der Waals surface area contributed by atoms with Gasteiger partial charge in [-0.3, -0.25) is 0 Å². The maximum absolute atomic E-state index is 12.2. The van der Waals surface area contributed by atoms with E-state index in [-0.39, 0.29) is 5.75 Å². The fraction of sp³-hybridized carbons (Fsp3) is 0.300. The average molecular weight is 340 g/mol. The number of hydrogen-bond donors (Lipinski definition) is 1. The van der Waals surface area contributed by atoms with Crippen LogP contribution in [-0.4, -0.2) is 19.8 Å². The Labute approximate surface area is 105 Å². The fourth-order valence-corrected chi connectivity index (χ4v) is 2.04. The van der Waals surface area contributed by atoms with Crippen LogP contribution in [0.15, 0.2) is 6.07 Å². The van der Waals surface area contributed by atoms with Gasteiger partial charge in [0.2, 0.25) is 0 Å². The molecule has 1 aliphatic heterocycles. The minimum absolute atomic E-state index is 0.0500. The lowest BCUT2D eigenvalue weighted by Crippen LogP contribution is -2.20. The van der Waals surface area contributed by atoms with Crippen LogP contribution in [0, 0.1) is 10.5 Å². The topological polar surface area (TPSA) is 30.5 Å². The number of benzene rings is 1. The summed E-state index contributed by atoms with van der Waals surface area (Å²) < 4.78 is 34.9. The molecule has 1 aromatic rings. The van der Waals surface area contributed by atoms with Gasteiger partial charge in [0.25, 0.3) is 0 Å². The van der Waals surface area contributed by atoms with Crippen molar-refractivity contribution in [1.29, 1.82) is 0 Å². The van der Waals surface area contributed by atoms with Crippen LogP contribution in [-0.2, 0) is 0 Å². The Morgan fingerprint density at radius 2 is 2.31 bits per heavy atom. The Morgan fingerprint density at radius 3 is 3.00 bits per heavy atom. The van der Waals surface area contributed by atoms with Crippen molar-refractivity contribution >= 4 is 28.3 Å². The number of ether oxygens (including phenoxy) is 2. The minimum atomic E-state index is -2.86. The highest BCUT2D eigenvalue weighted by Crippen LogP contribution is 2.42. The molecular weight excluding hydrogens is 331 g/mol. The summed E-state index contributed by atoms with van der Waals surface area (Å²) in [4.78, 5) is 0. The molecule has 0 bridgehead atoms. The Kier molecular flexibility index (Phi) is 3.36. The van der Waals surface area contributed by atoms with Gasteiger partial charge in [-0.1, -0.05) is 0 Å². The molecule has 1 aliphatic rings. The predicted octanol–water partition coefficient (Wildman–Crippen LogP) is 2.88. The van der Waals surface area contributed by atoms with E-state index in [1.54, 1.807) is 0 Å². The van der Waals surface area contributed by atoms with Gasteiger partial charge in [0.15, 0.2) is 11.5 Å². The Balaban J connectivity index is 2.48. The van der Waals surface area contributed by atoms with Gasteiger partial charge in [0.1, 0.15) is 6.61 Å². The molecule has 1 heterocycles. The normalized spacial score (nSPS) is 14.1. The second-order valence-corrected chi connectivity index (χ2v) is 4.36. The lowest BCUT2D eigenvalue weighted by Gasteiger charge is -2.24. The molecule has 0 spiro atoms. The zero-order valence-corrected chi connectivity index (χ0v) is 10.4. The molecule has 2 rings (SSSR count). The summed E-state index contributed by atoms with van der Waals surface area (Å²) in [5.74, 6) is 0.367. The van der Waals surface area contributed by atoms with E-state index < -0.39 is 6.61 Å². The highest BCUT2D eigenvalue weighted by molar-refractivity contribution is 14.1. The van der Waals surface area contributed by atoms with Crippen LogP contribution in [0.25, 0.3) is 0 Å². The van der Waals surface area contributed by atoms with Gasteiger partial charge in [-0.25, -0.2) is 0 Å². The van der Waals surface area contributed by atoms with Crippen molar-refractivity contribution in [2.75, 3.05) is 18.5 Å². The molecule has 6 heteroatoms. The molecule has 0 unspecified atom stereocenters. The second kappa shape index (κ2) is 4.60. The molecule has 0 fully saturated rings. The summed E-state index contributed by atoms with van der Waals surface area (Å²) in [5.41, 5.74) is 1.37. The number of hydrogen-bond acceptors (Lipinski definition) is 3. The molecule has 0 aliphatic carbocycles. The zero-order chi connectivity index (χ0) is 11.7. The van der Waals surface area contributed by atoms with E-state index in [0.29, 0.717) is 24.6 Å². The quantitative estimate of drug-likeness (QED) is 0.840. The van der Waals surface area contributed by atoms with E-state index in [1.807, 2.05) is 22.6 Å². The van der Waals surface area contributed by atoms with Crippen molar-refractivity contribution in [3.63, 3.8) is 0 Å². The third-order valence-corrected chi connectivity index (χ3v) is 3.13. The van der Waals surface area contributed by atoms with Gasteiger partial charge >= 0.3 is 6.61 Å². The first-order valence-electron chi connectivity index (χ1n) is 4.59. The largest absolute Gasteiger partial charge is 0.486 e.